The molecule has 0 amide bonds. The van der Waals surface area contributed by atoms with Gasteiger partial charge in [0.1, 0.15) is 49.0 Å². The van der Waals surface area contributed by atoms with Crippen molar-refractivity contribution in [1.29, 1.82) is 0 Å². The minimum absolute atomic E-state index is 0.00913. The summed E-state index contributed by atoms with van der Waals surface area (Å²) in [4.78, 5) is 13.1. The molecule has 10 N–H and O–H groups in total. The molecule has 0 saturated heterocycles. The highest BCUT2D eigenvalue weighted by molar-refractivity contribution is 8.13. The molecule has 1 rings (SSSR count). The molecule has 0 bridgehead atoms. The molecule has 0 heterocycles. The lowest BCUT2D eigenvalue weighted by atomic mass is 10.0. The van der Waals surface area contributed by atoms with E-state index in [-0.39, 0.29) is 37.3 Å². The molecule has 14 heteroatoms. The van der Waals surface area contributed by atoms with E-state index in [2.05, 4.69) is 0 Å². The van der Waals surface area contributed by atoms with Crippen molar-refractivity contribution in [3.63, 3.8) is 0 Å². The number of nitrogens with zero attached hydrogens (tertiary/aromatic N) is 1. The van der Waals surface area contributed by atoms with Gasteiger partial charge in [0, 0.05) is 31.3 Å². The third-order valence-electron chi connectivity index (χ3n) is 5.99. The summed E-state index contributed by atoms with van der Waals surface area (Å²) in [6, 6.07) is 7.01. The molecule has 0 aliphatic carbocycles. The van der Waals surface area contributed by atoms with Gasteiger partial charge in [-0.25, -0.2) is 0 Å². The second kappa shape index (κ2) is 18.1. The smallest absolute Gasteiger partial charge is 0.191 e. The molecule has 0 saturated carbocycles. The molecular formula is C25H43NO12S. The summed E-state index contributed by atoms with van der Waals surface area (Å²) in [5, 5.41) is 97.9. The van der Waals surface area contributed by atoms with E-state index in [1.807, 2.05) is 13.8 Å². The molecule has 0 radical (unpaired) electrons. The van der Waals surface area contributed by atoms with Gasteiger partial charge in [-0.15, -0.1) is 0 Å². The Morgan fingerprint density at radius 2 is 1.21 bits per heavy atom. The number of carbonyl (C=O) groups excluding carboxylic acids is 1. The largest absolute Gasteiger partial charge is 0.492 e. The third kappa shape index (κ3) is 12.3. The fourth-order valence-corrected chi connectivity index (χ4v) is 4.26. The summed E-state index contributed by atoms with van der Waals surface area (Å²) in [6.07, 6.45) is -14.2. The molecule has 226 valence electrons. The Balaban J connectivity index is 2.82. The van der Waals surface area contributed by atoms with Crippen LogP contribution in [0.1, 0.15) is 19.4 Å². The highest BCUT2D eigenvalue weighted by Crippen LogP contribution is 2.20. The Morgan fingerprint density at radius 3 is 1.62 bits per heavy atom. The lowest BCUT2D eigenvalue weighted by Gasteiger charge is -2.33. The number of ether oxygens (including phenoxy) is 1. The first-order chi connectivity index (χ1) is 18.3. The maximum atomic E-state index is 11.8. The molecule has 0 aliphatic heterocycles. The Bertz CT molecular complexity index is 787. The maximum absolute atomic E-state index is 11.8. The van der Waals surface area contributed by atoms with Gasteiger partial charge in [-0.05, 0) is 17.7 Å². The van der Waals surface area contributed by atoms with Gasteiger partial charge in [0.05, 0.1) is 25.4 Å². The standard InChI is InChI=1S/C25H43NO12S/c1-14(2)25(37)39-13-15-3-5-16(6-4-15)38-8-7-26(9-17(29)21(33)23(35)19(31)11-27)10-18(30)22(34)24(36)20(32)12-28/h3-6,14,17-24,27-36H,7-13H2,1-2H3/t17-,18-,19+,20+,21+,22+,23+,24+/m0/s1. The van der Waals surface area contributed by atoms with Gasteiger partial charge in [-0.2, -0.15) is 0 Å². The Hall–Kier alpha value is -1.40. The first-order valence-electron chi connectivity index (χ1n) is 12.6. The molecule has 13 nitrogen and oxygen atoms in total. The SMILES string of the molecule is CC(C)C(=O)SCc1ccc(OCCN(C[C@H](O)[C@@H](O)[C@H](O)[C@H](O)CO)C[C@H](O)[C@@H](O)[C@H](O)[C@H](O)CO)cc1. The lowest BCUT2D eigenvalue weighted by molar-refractivity contribution is -0.130. The minimum Gasteiger partial charge on any atom is -0.492 e. The fourth-order valence-electron chi connectivity index (χ4n) is 3.42. The normalized spacial score (nSPS) is 18.3. The predicted molar refractivity (Wildman–Crippen MR) is 142 cm³/mol. The molecule has 0 spiro atoms. The van der Waals surface area contributed by atoms with Crippen molar-refractivity contribution in [3.8, 4) is 5.75 Å². The van der Waals surface area contributed by atoms with Crippen LogP contribution in [0.4, 0.5) is 0 Å². The van der Waals surface area contributed by atoms with Gasteiger partial charge < -0.3 is 55.8 Å². The number of rotatable bonds is 19. The minimum atomic E-state index is -1.87. The Kier molecular flexibility index (Phi) is 16.5. The van der Waals surface area contributed by atoms with Crippen LogP contribution in [-0.2, 0) is 10.5 Å². The number of aliphatic hydroxyl groups excluding tert-OH is 10. The van der Waals surface area contributed by atoms with E-state index in [9.17, 15) is 45.6 Å². The van der Waals surface area contributed by atoms with Crippen LogP contribution in [0.3, 0.4) is 0 Å². The van der Waals surface area contributed by atoms with E-state index >= 15 is 0 Å². The van der Waals surface area contributed by atoms with Crippen LogP contribution in [0.15, 0.2) is 24.3 Å². The van der Waals surface area contributed by atoms with Gasteiger partial charge in [-0.1, -0.05) is 37.7 Å². The monoisotopic (exact) mass is 581 g/mol. The number of aliphatic hydroxyl groups is 10. The first kappa shape index (κ1) is 35.6. The molecule has 0 aliphatic rings. The molecule has 0 aromatic heterocycles. The summed E-state index contributed by atoms with van der Waals surface area (Å²) in [5.74, 6) is 0.938. The molecule has 39 heavy (non-hydrogen) atoms. The maximum Gasteiger partial charge on any atom is 0.191 e. The van der Waals surface area contributed by atoms with Crippen molar-refractivity contribution >= 4 is 16.9 Å². The van der Waals surface area contributed by atoms with Crippen LogP contribution < -0.4 is 4.74 Å². The molecule has 8 atom stereocenters. The van der Waals surface area contributed by atoms with Crippen molar-refractivity contribution in [1.82, 2.24) is 4.90 Å². The van der Waals surface area contributed by atoms with Crippen LogP contribution in [0.25, 0.3) is 0 Å². The van der Waals surface area contributed by atoms with Gasteiger partial charge in [0.25, 0.3) is 0 Å². The zero-order chi connectivity index (χ0) is 29.7. The summed E-state index contributed by atoms with van der Waals surface area (Å²) in [5.41, 5.74) is 0.921. The lowest BCUT2D eigenvalue weighted by Crippen LogP contribution is -2.53. The number of carbonyl (C=O) groups is 1. The average molecular weight is 582 g/mol. The molecular weight excluding hydrogens is 538 g/mol. The summed E-state index contributed by atoms with van der Waals surface area (Å²) in [6.45, 7) is 1.20. The second-order valence-electron chi connectivity index (χ2n) is 9.61. The molecule has 1 aromatic carbocycles. The average Bonchev–Trinajstić information content (AvgIpc) is 2.93. The quantitative estimate of drug-likeness (QED) is 0.0770. The van der Waals surface area contributed by atoms with E-state index in [1.165, 1.54) is 16.7 Å². The van der Waals surface area contributed by atoms with Crippen LogP contribution in [0.2, 0.25) is 0 Å². The van der Waals surface area contributed by atoms with E-state index in [4.69, 9.17) is 14.9 Å². The van der Waals surface area contributed by atoms with E-state index < -0.39 is 62.0 Å². The zero-order valence-electron chi connectivity index (χ0n) is 22.1. The van der Waals surface area contributed by atoms with Crippen LogP contribution in [0, 0.1) is 5.92 Å². The highest BCUT2D eigenvalue weighted by atomic mass is 32.2. The topological polar surface area (TPSA) is 232 Å². The number of hydrogen-bond acceptors (Lipinski definition) is 14. The van der Waals surface area contributed by atoms with Gasteiger partial charge in [-0.3, -0.25) is 9.69 Å². The molecule has 0 unspecified atom stereocenters. The predicted octanol–water partition coefficient (Wildman–Crippen LogP) is -3.34. The van der Waals surface area contributed by atoms with E-state index in [0.717, 1.165) is 5.56 Å². The van der Waals surface area contributed by atoms with Crippen molar-refractivity contribution in [2.24, 2.45) is 5.92 Å². The van der Waals surface area contributed by atoms with Crippen molar-refractivity contribution in [3.05, 3.63) is 29.8 Å². The summed E-state index contributed by atoms with van der Waals surface area (Å²) < 4.78 is 5.70. The zero-order valence-corrected chi connectivity index (χ0v) is 22.9. The van der Waals surface area contributed by atoms with Crippen molar-refractivity contribution in [2.45, 2.75) is 68.4 Å². The van der Waals surface area contributed by atoms with Gasteiger partial charge >= 0.3 is 0 Å². The molecule has 0 fully saturated rings. The third-order valence-corrected chi connectivity index (χ3v) is 7.23. The summed E-state index contributed by atoms with van der Waals surface area (Å²) in [7, 11) is 0. The van der Waals surface area contributed by atoms with Gasteiger partial charge in [0.2, 0.25) is 0 Å². The summed E-state index contributed by atoms with van der Waals surface area (Å²) >= 11 is 1.22. The fraction of sp³-hybridized carbons (Fsp3) is 0.720. The van der Waals surface area contributed by atoms with E-state index in [0.29, 0.717) is 11.5 Å². The Labute approximate surface area is 231 Å². The van der Waals surface area contributed by atoms with Crippen molar-refractivity contribution < 1.29 is 60.6 Å². The van der Waals surface area contributed by atoms with Crippen LogP contribution in [-0.4, -0.2) is 149 Å². The number of thioether (sulfide) groups is 1. The number of benzene rings is 1. The first-order valence-corrected chi connectivity index (χ1v) is 13.6. The second-order valence-corrected chi connectivity index (χ2v) is 10.6. The van der Waals surface area contributed by atoms with Crippen molar-refractivity contribution in [2.75, 3.05) is 39.5 Å². The van der Waals surface area contributed by atoms with E-state index in [1.54, 1.807) is 24.3 Å². The number of hydrogen-bond donors (Lipinski definition) is 10. The Morgan fingerprint density at radius 1 is 0.769 bits per heavy atom. The van der Waals surface area contributed by atoms with Crippen LogP contribution in [0.5, 0.6) is 5.75 Å². The highest BCUT2D eigenvalue weighted by Gasteiger charge is 2.34. The van der Waals surface area contributed by atoms with Gasteiger partial charge in [0.15, 0.2) is 5.12 Å². The van der Waals surface area contributed by atoms with Crippen LogP contribution >= 0.6 is 11.8 Å². The molecule has 1 aromatic rings.